The predicted octanol–water partition coefficient (Wildman–Crippen LogP) is 1.93. The predicted molar refractivity (Wildman–Crippen MR) is 55.7 cm³/mol. The average molecular weight is 185 g/mol. The van der Waals surface area contributed by atoms with Gasteiger partial charge in [-0.05, 0) is 52.0 Å². The molecular formula is C11H23NO. The van der Waals surface area contributed by atoms with Crippen LogP contribution in [-0.4, -0.2) is 23.3 Å². The molecule has 0 heterocycles. The molecule has 0 aromatic heterocycles. The van der Waals surface area contributed by atoms with Crippen molar-refractivity contribution in [3.63, 3.8) is 0 Å². The Morgan fingerprint density at radius 3 is 2.54 bits per heavy atom. The van der Waals surface area contributed by atoms with Crippen molar-refractivity contribution in [2.24, 2.45) is 5.92 Å². The van der Waals surface area contributed by atoms with Crippen molar-refractivity contribution in [1.29, 1.82) is 0 Å². The van der Waals surface area contributed by atoms with E-state index in [9.17, 15) is 5.11 Å². The summed E-state index contributed by atoms with van der Waals surface area (Å²) in [4.78, 5) is 0. The first kappa shape index (κ1) is 11.0. The van der Waals surface area contributed by atoms with Crippen LogP contribution in [0.15, 0.2) is 0 Å². The second-order valence-corrected chi connectivity index (χ2v) is 4.95. The zero-order chi connectivity index (χ0) is 9.90. The molecule has 0 amide bonds. The minimum atomic E-state index is -0.0310. The molecule has 0 aromatic carbocycles. The van der Waals surface area contributed by atoms with E-state index in [4.69, 9.17) is 0 Å². The van der Waals surface area contributed by atoms with Gasteiger partial charge in [0.15, 0.2) is 0 Å². The lowest BCUT2D eigenvalue weighted by atomic mass is 10.00. The monoisotopic (exact) mass is 185 g/mol. The highest BCUT2D eigenvalue weighted by molar-refractivity contribution is 4.81. The minimum Gasteiger partial charge on any atom is -0.393 e. The Balaban J connectivity index is 2.19. The van der Waals surface area contributed by atoms with Crippen molar-refractivity contribution < 1.29 is 5.11 Å². The van der Waals surface area contributed by atoms with Crippen LogP contribution in [0.2, 0.25) is 0 Å². The van der Waals surface area contributed by atoms with Gasteiger partial charge in [0, 0.05) is 5.54 Å². The Labute approximate surface area is 81.7 Å². The molecule has 1 aliphatic rings. The van der Waals surface area contributed by atoms with Gasteiger partial charge in [-0.2, -0.15) is 0 Å². The molecule has 2 heteroatoms. The summed E-state index contributed by atoms with van der Waals surface area (Å²) in [5.74, 6) is 0.695. The van der Waals surface area contributed by atoms with Gasteiger partial charge in [-0.25, -0.2) is 0 Å². The standard InChI is InChI=1S/C11H23NO/c1-4-11(2,3)12-8-9-5-6-10(13)7-9/h9-10,12-13H,4-8H2,1-3H3/t9-,10-/m1/s1. The van der Waals surface area contributed by atoms with Crippen molar-refractivity contribution in [1.82, 2.24) is 5.32 Å². The Morgan fingerprint density at radius 1 is 1.38 bits per heavy atom. The lowest BCUT2D eigenvalue weighted by Gasteiger charge is -2.26. The first-order valence-electron chi connectivity index (χ1n) is 5.46. The van der Waals surface area contributed by atoms with Crippen LogP contribution in [-0.2, 0) is 0 Å². The Morgan fingerprint density at radius 2 is 2.08 bits per heavy atom. The molecule has 0 unspecified atom stereocenters. The third-order valence-corrected chi connectivity index (χ3v) is 3.27. The lowest BCUT2D eigenvalue weighted by Crippen LogP contribution is -2.41. The van der Waals surface area contributed by atoms with Crippen LogP contribution in [0, 0.1) is 5.92 Å². The number of nitrogens with one attached hydrogen (secondary N) is 1. The van der Waals surface area contributed by atoms with Crippen LogP contribution in [0.4, 0.5) is 0 Å². The van der Waals surface area contributed by atoms with Gasteiger partial charge in [0.05, 0.1) is 6.10 Å². The lowest BCUT2D eigenvalue weighted by molar-refractivity contribution is 0.176. The molecule has 78 valence electrons. The molecule has 1 aliphatic carbocycles. The van der Waals surface area contributed by atoms with Crippen molar-refractivity contribution in [2.45, 2.75) is 58.1 Å². The van der Waals surface area contributed by atoms with E-state index >= 15 is 0 Å². The minimum absolute atomic E-state index is 0.0310. The summed E-state index contributed by atoms with van der Waals surface area (Å²) in [5.41, 5.74) is 0.257. The quantitative estimate of drug-likeness (QED) is 0.701. The zero-order valence-corrected chi connectivity index (χ0v) is 9.14. The van der Waals surface area contributed by atoms with E-state index in [0.717, 1.165) is 25.8 Å². The van der Waals surface area contributed by atoms with Crippen LogP contribution in [0.3, 0.4) is 0 Å². The van der Waals surface area contributed by atoms with E-state index in [-0.39, 0.29) is 11.6 Å². The fourth-order valence-electron chi connectivity index (χ4n) is 1.78. The molecule has 1 fully saturated rings. The third-order valence-electron chi connectivity index (χ3n) is 3.27. The molecule has 0 bridgehead atoms. The van der Waals surface area contributed by atoms with Gasteiger partial charge >= 0.3 is 0 Å². The normalized spacial score (nSPS) is 29.5. The molecule has 2 atom stereocenters. The SMILES string of the molecule is CCC(C)(C)NC[C@@H]1CC[C@@H](O)C1. The third kappa shape index (κ3) is 3.65. The number of aliphatic hydroxyl groups excluding tert-OH is 1. The topological polar surface area (TPSA) is 32.3 Å². The van der Waals surface area contributed by atoms with Gasteiger partial charge in [-0.3, -0.25) is 0 Å². The maximum Gasteiger partial charge on any atom is 0.0543 e. The van der Waals surface area contributed by atoms with Gasteiger partial charge in [0.2, 0.25) is 0 Å². The number of rotatable bonds is 4. The highest BCUT2D eigenvalue weighted by Crippen LogP contribution is 2.25. The van der Waals surface area contributed by atoms with Gasteiger partial charge in [0.1, 0.15) is 0 Å². The van der Waals surface area contributed by atoms with Crippen LogP contribution >= 0.6 is 0 Å². The largest absolute Gasteiger partial charge is 0.393 e. The molecule has 0 aliphatic heterocycles. The summed E-state index contributed by atoms with van der Waals surface area (Å²) in [5, 5.41) is 12.9. The van der Waals surface area contributed by atoms with Gasteiger partial charge in [-0.1, -0.05) is 6.92 Å². The summed E-state index contributed by atoms with van der Waals surface area (Å²) in [6.07, 6.45) is 4.30. The molecule has 0 spiro atoms. The zero-order valence-electron chi connectivity index (χ0n) is 9.14. The highest BCUT2D eigenvalue weighted by atomic mass is 16.3. The van der Waals surface area contributed by atoms with Crippen molar-refractivity contribution in [3.05, 3.63) is 0 Å². The summed E-state index contributed by atoms with van der Waals surface area (Å²) in [6, 6.07) is 0. The maximum atomic E-state index is 9.36. The molecule has 2 nitrogen and oxygen atoms in total. The van der Waals surface area contributed by atoms with E-state index in [1.54, 1.807) is 0 Å². The van der Waals surface area contributed by atoms with E-state index in [1.807, 2.05) is 0 Å². The van der Waals surface area contributed by atoms with Crippen molar-refractivity contribution >= 4 is 0 Å². The van der Waals surface area contributed by atoms with E-state index in [0.29, 0.717) is 5.92 Å². The Bertz CT molecular complexity index is 156. The summed E-state index contributed by atoms with van der Waals surface area (Å²) in [7, 11) is 0. The van der Waals surface area contributed by atoms with Crippen LogP contribution in [0.1, 0.15) is 46.5 Å². The number of hydrogen-bond donors (Lipinski definition) is 2. The van der Waals surface area contributed by atoms with Gasteiger partial charge < -0.3 is 10.4 Å². The molecule has 0 aromatic rings. The van der Waals surface area contributed by atoms with E-state index in [1.165, 1.54) is 6.42 Å². The smallest absolute Gasteiger partial charge is 0.0543 e. The Kier molecular flexibility index (Phi) is 3.74. The van der Waals surface area contributed by atoms with Crippen molar-refractivity contribution in [2.75, 3.05) is 6.54 Å². The first-order chi connectivity index (χ1) is 6.03. The molecule has 0 saturated heterocycles. The van der Waals surface area contributed by atoms with Crippen molar-refractivity contribution in [3.8, 4) is 0 Å². The summed E-state index contributed by atoms with van der Waals surface area (Å²) >= 11 is 0. The number of aliphatic hydroxyl groups is 1. The molecule has 1 saturated carbocycles. The summed E-state index contributed by atoms with van der Waals surface area (Å²) < 4.78 is 0. The van der Waals surface area contributed by atoms with Crippen LogP contribution in [0.5, 0.6) is 0 Å². The number of hydrogen-bond acceptors (Lipinski definition) is 2. The second kappa shape index (κ2) is 4.43. The maximum absolute atomic E-state index is 9.36. The first-order valence-corrected chi connectivity index (χ1v) is 5.46. The second-order valence-electron chi connectivity index (χ2n) is 4.95. The summed E-state index contributed by atoms with van der Waals surface area (Å²) in [6.45, 7) is 7.74. The van der Waals surface area contributed by atoms with Crippen LogP contribution < -0.4 is 5.32 Å². The Hall–Kier alpha value is -0.0800. The average Bonchev–Trinajstić information content (AvgIpc) is 2.48. The molecule has 1 rings (SSSR count). The van der Waals surface area contributed by atoms with E-state index < -0.39 is 0 Å². The van der Waals surface area contributed by atoms with E-state index in [2.05, 4.69) is 26.1 Å². The molecule has 13 heavy (non-hydrogen) atoms. The molecule has 0 radical (unpaired) electrons. The van der Waals surface area contributed by atoms with Crippen LogP contribution in [0.25, 0.3) is 0 Å². The fraction of sp³-hybridized carbons (Fsp3) is 1.00. The molecule has 2 N–H and O–H groups in total. The molecular weight excluding hydrogens is 162 g/mol. The van der Waals surface area contributed by atoms with Gasteiger partial charge in [-0.15, -0.1) is 0 Å². The highest BCUT2D eigenvalue weighted by Gasteiger charge is 2.24. The fourth-order valence-corrected chi connectivity index (χ4v) is 1.78. The van der Waals surface area contributed by atoms with Gasteiger partial charge in [0.25, 0.3) is 0 Å².